The maximum absolute atomic E-state index is 13.0. The summed E-state index contributed by atoms with van der Waals surface area (Å²) in [5.41, 5.74) is 9.97. The molecule has 0 radical (unpaired) electrons. The van der Waals surface area contributed by atoms with Crippen molar-refractivity contribution in [2.45, 2.75) is 31.5 Å². The molecular weight excluding hydrogens is 344 g/mol. The molecule has 1 aromatic carbocycles. The summed E-state index contributed by atoms with van der Waals surface area (Å²) < 4.78 is 12.9. The quantitative estimate of drug-likeness (QED) is 0.855. The molecule has 2 atom stereocenters. The number of carbonyl (C=O) groups excluding carboxylic acids is 1. The van der Waals surface area contributed by atoms with E-state index < -0.39 is 0 Å². The number of carbonyl (C=O) groups is 1. The molecule has 1 fully saturated rings. The smallest absolute Gasteiger partial charge is 0.241 e. The van der Waals surface area contributed by atoms with Gasteiger partial charge in [0.15, 0.2) is 11.5 Å². The molecule has 2 aromatic rings. The Morgan fingerprint density at radius 3 is 2.56 bits per heavy atom. The molecule has 0 bridgehead atoms. The van der Waals surface area contributed by atoms with E-state index in [1.54, 1.807) is 14.2 Å². The Hall–Kier alpha value is -2.51. The SMILES string of the molecule is COc1cc2c(cc1OC)CN(C(=O)C1CC(c3cccn3C)NN1)CC2. The first-order valence-electron chi connectivity index (χ1n) is 9.25. The fraction of sp³-hybridized carbons (Fsp3) is 0.450. The van der Waals surface area contributed by atoms with Crippen molar-refractivity contribution in [3.63, 3.8) is 0 Å². The maximum atomic E-state index is 13.0. The number of hydrazine groups is 1. The summed E-state index contributed by atoms with van der Waals surface area (Å²) in [6, 6.07) is 8.04. The Kier molecular flexibility index (Phi) is 4.80. The lowest BCUT2D eigenvalue weighted by atomic mass is 9.97. The van der Waals surface area contributed by atoms with E-state index in [-0.39, 0.29) is 18.0 Å². The van der Waals surface area contributed by atoms with Gasteiger partial charge in [0.05, 0.1) is 20.3 Å². The van der Waals surface area contributed by atoms with Crippen molar-refractivity contribution in [1.29, 1.82) is 0 Å². The van der Waals surface area contributed by atoms with E-state index >= 15 is 0 Å². The molecule has 2 unspecified atom stereocenters. The molecule has 2 aliphatic rings. The highest BCUT2D eigenvalue weighted by molar-refractivity contribution is 5.82. The number of aryl methyl sites for hydroxylation is 1. The molecular formula is C20H26N4O3. The summed E-state index contributed by atoms with van der Waals surface area (Å²) in [6.07, 6.45) is 3.59. The van der Waals surface area contributed by atoms with E-state index in [1.165, 1.54) is 11.3 Å². The van der Waals surface area contributed by atoms with E-state index in [0.29, 0.717) is 18.8 Å². The molecule has 0 aliphatic carbocycles. The van der Waals surface area contributed by atoms with Crippen molar-refractivity contribution in [1.82, 2.24) is 20.3 Å². The number of nitrogens with zero attached hydrogens (tertiary/aromatic N) is 2. The summed E-state index contributed by atoms with van der Waals surface area (Å²) in [5, 5.41) is 0. The number of amides is 1. The van der Waals surface area contributed by atoms with Crippen LogP contribution in [0, 0.1) is 0 Å². The van der Waals surface area contributed by atoms with Crippen LogP contribution in [0.15, 0.2) is 30.5 Å². The number of rotatable bonds is 4. The van der Waals surface area contributed by atoms with Gasteiger partial charge in [-0.1, -0.05) is 0 Å². The summed E-state index contributed by atoms with van der Waals surface area (Å²) in [5.74, 6) is 1.58. The second-order valence-corrected chi connectivity index (χ2v) is 7.16. The van der Waals surface area contributed by atoms with Crippen LogP contribution in [0.25, 0.3) is 0 Å². The zero-order chi connectivity index (χ0) is 19.0. The zero-order valence-electron chi connectivity index (χ0n) is 16.0. The Morgan fingerprint density at radius 1 is 1.15 bits per heavy atom. The molecule has 1 saturated heterocycles. The van der Waals surface area contributed by atoms with Crippen molar-refractivity contribution >= 4 is 5.91 Å². The van der Waals surface area contributed by atoms with Gasteiger partial charge in [-0.25, -0.2) is 10.9 Å². The molecule has 1 amide bonds. The Morgan fingerprint density at radius 2 is 1.89 bits per heavy atom. The van der Waals surface area contributed by atoms with Crippen LogP contribution in [0.3, 0.4) is 0 Å². The number of fused-ring (bicyclic) bond motifs is 1. The maximum Gasteiger partial charge on any atom is 0.241 e. The summed E-state index contributed by atoms with van der Waals surface area (Å²) >= 11 is 0. The van der Waals surface area contributed by atoms with Gasteiger partial charge in [0.2, 0.25) is 5.91 Å². The number of hydrogen-bond donors (Lipinski definition) is 2. The van der Waals surface area contributed by atoms with E-state index in [2.05, 4.69) is 21.5 Å². The number of aromatic nitrogens is 1. The van der Waals surface area contributed by atoms with E-state index in [9.17, 15) is 4.79 Å². The topological polar surface area (TPSA) is 67.8 Å². The molecule has 7 nitrogen and oxygen atoms in total. The standard InChI is InChI=1S/C20H26N4O3/c1-23-7-4-5-17(23)15-11-16(22-21-15)20(25)24-8-6-13-9-18(26-2)19(27-3)10-14(13)12-24/h4-5,7,9-10,15-16,21-22H,6,8,11-12H2,1-3H3. The van der Waals surface area contributed by atoms with Crippen molar-refractivity contribution < 1.29 is 14.3 Å². The fourth-order valence-corrected chi connectivity index (χ4v) is 4.04. The fourth-order valence-electron chi connectivity index (χ4n) is 4.04. The molecule has 27 heavy (non-hydrogen) atoms. The molecule has 0 spiro atoms. The number of nitrogens with one attached hydrogen (secondary N) is 2. The lowest BCUT2D eigenvalue weighted by molar-refractivity contribution is -0.134. The minimum absolute atomic E-state index is 0.139. The molecule has 7 heteroatoms. The van der Waals surface area contributed by atoms with E-state index in [1.807, 2.05) is 36.3 Å². The molecule has 3 heterocycles. The number of hydrogen-bond acceptors (Lipinski definition) is 5. The van der Waals surface area contributed by atoms with Gasteiger partial charge in [0.1, 0.15) is 6.04 Å². The number of benzene rings is 1. The molecule has 0 saturated carbocycles. The second-order valence-electron chi connectivity index (χ2n) is 7.16. The average molecular weight is 370 g/mol. The highest BCUT2D eigenvalue weighted by Crippen LogP contribution is 2.33. The van der Waals surface area contributed by atoms with Crippen molar-refractivity contribution in [3.8, 4) is 11.5 Å². The van der Waals surface area contributed by atoms with Crippen molar-refractivity contribution in [2.75, 3.05) is 20.8 Å². The summed E-state index contributed by atoms with van der Waals surface area (Å²) in [7, 11) is 5.30. The minimum Gasteiger partial charge on any atom is -0.493 e. The largest absolute Gasteiger partial charge is 0.493 e. The van der Waals surface area contributed by atoms with Gasteiger partial charge < -0.3 is 18.9 Å². The molecule has 2 N–H and O–H groups in total. The van der Waals surface area contributed by atoms with Crippen molar-refractivity contribution in [2.24, 2.45) is 7.05 Å². The van der Waals surface area contributed by atoms with Gasteiger partial charge in [0.25, 0.3) is 0 Å². The third kappa shape index (κ3) is 3.28. The van der Waals surface area contributed by atoms with Gasteiger partial charge >= 0.3 is 0 Å². The van der Waals surface area contributed by atoms with Gasteiger partial charge in [-0.3, -0.25) is 4.79 Å². The number of ether oxygens (including phenoxy) is 2. The van der Waals surface area contributed by atoms with Crippen LogP contribution in [0.4, 0.5) is 0 Å². The highest BCUT2D eigenvalue weighted by Gasteiger charge is 2.35. The molecule has 144 valence electrons. The zero-order valence-corrected chi connectivity index (χ0v) is 16.0. The van der Waals surface area contributed by atoms with Crippen LogP contribution in [-0.2, 0) is 24.8 Å². The first-order chi connectivity index (χ1) is 13.1. The third-order valence-electron chi connectivity index (χ3n) is 5.57. The molecule has 1 aromatic heterocycles. The monoisotopic (exact) mass is 370 g/mol. The van der Waals surface area contributed by atoms with Crippen LogP contribution in [-0.4, -0.2) is 42.2 Å². The Balaban J connectivity index is 1.46. The Labute approximate surface area is 159 Å². The average Bonchev–Trinajstić information content (AvgIpc) is 3.34. The van der Waals surface area contributed by atoms with Crippen LogP contribution < -0.4 is 20.3 Å². The van der Waals surface area contributed by atoms with Crippen LogP contribution in [0.5, 0.6) is 11.5 Å². The molecule has 4 rings (SSSR count). The van der Waals surface area contributed by atoms with Crippen LogP contribution in [0.1, 0.15) is 29.3 Å². The predicted octanol–water partition coefficient (Wildman–Crippen LogP) is 1.53. The first kappa shape index (κ1) is 17.9. The lowest BCUT2D eigenvalue weighted by Crippen LogP contribution is -2.47. The summed E-state index contributed by atoms with van der Waals surface area (Å²) in [6.45, 7) is 1.32. The first-order valence-corrected chi connectivity index (χ1v) is 9.25. The van der Waals surface area contributed by atoms with E-state index in [4.69, 9.17) is 9.47 Å². The van der Waals surface area contributed by atoms with Crippen molar-refractivity contribution in [3.05, 3.63) is 47.3 Å². The lowest BCUT2D eigenvalue weighted by Gasteiger charge is -2.31. The van der Waals surface area contributed by atoms with Crippen LogP contribution in [0.2, 0.25) is 0 Å². The highest BCUT2D eigenvalue weighted by atomic mass is 16.5. The van der Waals surface area contributed by atoms with Gasteiger partial charge in [-0.2, -0.15) is 0 Å². The number of methoxy groups -OCH3 is 2. The van der Waals surface area contributed by atoms with Crippen LogP contribution >= 0.6 is 0 Å². The third-order valence-corrected chi connectivity index (χ3v) is 5.57. The second kappa shape index (κ2) is 7.25. The van der Waals surface area contributed by atoms with Gasteiger partial charge in [-0.05, 0) is 48.2 Å². The Bertz CT molecular complexity index is 848. The summed E-state index contributed by atoms with van der Waals surface area (Å²) in [4.78, 5) is 15.0. The van der Waals surface area contributed by atoms with Gasteiger partial charge in [0, 0.05) is 32.0 Å². The van der Waals surface area contributed by atoms with E-state index in [0.717, 1.165) is 24.2 Å². The van der Waals surface area contributed by atoms with Gasteiger partial charge in [-0.15, -0.1) is 0 Å². The normalized spacial score (nSPS) is 21.8. The predicted molar refractivity (Wildman–Crippen MR) is 101 cm³/mol. The molecule has 2 aliphatic heterocycles. The minimum atomic E-state index is -0.216.